The second kappa shape index (κ2) is 11.8. The van der Waals surface area contributed by atoms with E-state index in [1.54, 1.807) is 18.2 Å². The first-order chi connectivity index (χ1) is 17.7. The maximum Gasteiger partial charge on any atom is 0.323 e. The first-order valence-electron chi connectivity index (χ1n) is 12.8. The van der Waals surface area contributed by atoms with Gasteiger partial charge in [0.2, 0.25) is 5.78 Å². The minimum atomic E-state index is -0.390. The van der Waals surface area contributed by atoms with Crippen molar-refractivity contribution in [3.8, 4) is 11.1 Å². The van der Waals surface area contributed by atoms with Crippen LogP contribution in [0.25, 0.3) is 11.1 Å². The zero-order valence-corrected chi connectivity index (χ0v) is 21.5. The lowest BCUT2D eigenvalue weighted by atomic mass is 9.97. The maximum atomic E-state index is 12.7. The molecular weight excluding hydrogens is 472 g/mol. The largest absolute Gasteiger partial charge is 0.456 e. The van der Waals surface area contributed by atoms with Crippen LogP contribution in [0.1, 0.15) is 65.8 Å². The van der Waals surface area contributed by atoms with Gasteiger partial charge in [0.25, 0.3) is 0 Å². The Bertz CT molecular complexity index is 1180. The molecule has 0 spiro atoms. The highest BCUT2D eigenvalue weighted by Gasteiger charge is 2.29. The molecule has 2 N–H and O–H groups in total. The summed E-state index contributed by atoms with van der Waals surface area (Å²) in [6.07, 6.45) is 3.26. The first-order valence-corrected chi connectivity index (χ1v) is 12.8. The van der Waals surface area contributed by atoms with Crippen LogP contribution in [0.15, 0.2) is 42.5 Å². The predicted molar refractivity (Wildman–Crippen MR) is 138 cm³/mol. The fourth-order valence-electron chi connectivity index (χ4n) is 4.87. The predicted octanol–water partition coefficient (Wildman–Crippen LogP) is 3.39. The molecule has 0 saturated carbocycles. The molecule has 4 rings (SSSR count). The number of carbonyl (C=O) groups is 4. The minimum absolute atomic E-state index is 0.249. The summed E-state index contributed by atoms with van der Waals surface area (Å²) < 4.78 is 10.5. The Morgan fingerprint density at radius 1 is 0.730 bits per heavy atom. The third-order valence-electron chi connectivity index (χ3n) is 7.08. The lowest BCUT2D eigenvalue weighted by molar-refractivity contribution is -0.145. The van der Waals surface area contributed by atoms with E-state index < -0.39 is 0 Å². The Morgan fingerprint density at radius 3 is 1.73 bits per heavy atom. The summed E-state index contributed by atoms with van der Waals surface area (Å²) in [5, 5.41) is 6.31. The average Bonchev–Trinajstić information content (AvgIpc) is 3.53. The number of carbonyl (C=O) groups excluding carboxylic acids is 4. The molecule has 2 aliphatic rings. The van der Waals surface area contributed by atoms with Gasteiger partial charge >= 0.3 is 11.9 Å². The molecule has 8 heteroatoms. The van der Waals surface area contributed by atoms with Crippen LogP contribution in [-0.2, 0) is 19.1 Å². The second-order valence-electron chi connectivity index (χ2n) is 10.1. The molecule has 196 valence electrons. The lowest BCUT2D eigenvalue weighted by Gasteiger charge is -2.12. The molecule has 1 unspecified atom stereocenters. The summed E-state index contributed by atoms with van der Waals surface area (Å²) in [7, 11) is 0. The number of rotatable bonds is 9. The summed E-state index contributed by atoms with van der Waals surface area (Å²) in [4.78, 5) is 49.5. The summed E-state index contributed by atoms with van der Waals surface area (Å²) in [6.45, 7) is 5.29. The zero-order chi connectivity index (χ0) is 26.5. The fourth-order valence-corrected chi connectivity index (χ4v) is 4.87. The number of hydrogen-bond acceptors (Lipinski definition) is 8. The molecule has 2 fully saturated rings. The Morgan fingerprint density at radius 2 is 1.24 bits per heavy atom. The second-order valence-corrected chi connectivity index (χ2v) is 10.1. The van der Waals surface area contributed by atoms with Crippen molar-refractivity contribution in [2.75, 3.05) is 13.2 Å². The average molecular weight is 507 g/mol. The van der Waals surface area contributed by atoms with Crippen LogP contribution in [0.5, 0.6) is 0 Å². The van der Waals surface area contributed by atoms with Crippen molar-refractivity contribution in [1.29, 1.82) is 0 Å². The highest BCUT2D eigenvalue weighted by atomic mass is 16.5. The van der Waals surface area contributed by atoms with Crippen molar-refractivity contribution in [2.45, 2.75) is 70.6 Å². The number of benzene rings is 2. The van der Waals surface area contributed by atoms with E-state index in [4.69, 9.17) is 9.47 Å². The molecule has 37 heavy (non-hydrogen) atoms. The molecule has 2 aliphatic heterocycles. The fraction of sp³-hybridized carbons (Fsp3) is 0.448. The van der Waals surface area contributed by atoms with Crippen LogP contribution in [-0.4, -0.2) is 60.9 Å². The lowest BCUT2D eigenvalue weighted by Crippen LogP contribution is -2.36. The number of nitrogens with one attached hydrogen (secondary N) is 2. The zero-order valence-electron chi connectivity index (χ0n) is 21.5. The van der Waals surface area contributed by atoms with E-state index in [9.17, 15) is 19.2 Å². The van der Waals surface area contributed by atoms with Gasteiger partial charge in [-0.05, 0) is 63.1 Å². The highest BCUT2D eigenvalue weighted by molar-refractivity contribution is 6.00. The van der Waals surface area contributed by atoms with Crippen LogP contribution in [0.2, 0.25) is 0 Å². The summed E-state index contributed by atoms with van der Waals surface area (Å²) in [5.74, 6) is -1.29. The van der Waals surface area contributed by atoms with Crippen LogP contribution in [0, 0.1) is 6.92 Å². The van der Waals surface area contributed by atoms with Gasteiger partial charge in [0.05, 0.1) is 0 Å². The van der Waals surface area contributed by atoms with E-state index >= 15 is 0 Å². The van der Waals surface area contributed by atoms with Gasteiger partial charge in [-0.1, -0.05) is 42.5 Å². The van der Waals surface area contributed by atoms with Gasteiger partial charge in [0.15, 0.2) is 19.0 Å². The van der Waals surface area contributed by atoms with Crippen LogP contribution >= 0.6 is 0 Å². The van der Waals surface area contributed by atoms with E-state index in [0.717, 1.165) is 36.0 Å². The first kappa shape index (κ1) is 26.7. The molecular formula is C29H34N2O6. The number of Topliss-reactive ketones (excluding diaryl/α,β-unsaturated/α-hetero) is 2. The number of ether oxygens (including phenoxy) is 2. The quantitative estimate of drug-likeness (QED) is 0.393. The molecule has 8 nitrogen and oxygen atoms in total. The Balaban J connectivity index is 1.31. The molecule has 0 aliphatic carbocycles. The topological polar surface area (TPSA) is 111 Å². The van der Waals surface area contributed by atoms with Crippen molar-refractivity contribution >= 4 is 23.5 Å². The van der Waals surface area contributed by atoms with Crippen LogP contribution in [0.3, 0.4) is 0 Å². The van der Waals surface area contributed by atoms with Crippen molar-refractivity contribution < 1.29 is 28.7 Å². The number of hydrogen-bond donors (Lipinski definition) is 2. The molecule has 2 heterocycles. The molecule has 0 radical (unpaired) electrons. The van der Waals surface area contributed by atoms with Gasteiger partial charge in [0, 0.05) is 23.2 Å². The van der Waals surface area contributed by atoms with E-state index in [1.165, 1.54) is 0 Å². The van der Waals surface area contributed by atoms with E-state index in [1.807, 2.05) is 45.0 Å². The Labute approximate surface area is 217 Å². The van der Waals surface area contributed by atoms with Gasteiger partial charge in [-0.15, -0.1) is 0 Å². The van der Waals surface area contributed by atoms with Gasteiger partial charge in [-0.2, -0.15) is 0 Å². The maximum absolute atomic E-state index is 12.7. The molecule has 0 aromatic heterocycles. The smallest absolute Gasteiger partial charge is 0.323 e. The molecule has 2 saturated heterocycles. The summed E-state index contributed by atoms with van der Waals surface area (Å²) in [5.41, 5.74) is 3.51. The number of ketones is 2. The van der Waals surface area contributed by atoms with Crippen LogP contribution in [0.4, 0.5) is 0 Å². The van der Waals surface area contributed by atoms with E-state index in [-0.39, 0.29) is 60.9 Å². The van der Waals surface area contributed by atoms with Crippen LogP contribution < -0.4 is 10.6 Å². The highest BCUT2D eigenvalue weighted by Crippen LogP contribution is 2.24. The minimum Gasteiger partial charge on any atom is -0.456 e. The van der Waals surface area contributed by atoms with Crippen molar-refractivity contribution in [3.63, 3.8) is 0 Å². The molecule has 2 aromatic carbocycles. The van der Waals surface area contributed by atoms with Gasteiger partial charge in [-0.3, -0.25) is 19.2 Å². The molecule has 4 atom stereocenters. The van der Waals surface area contributed by atoms with Gasteiger partial charge in [0.1, 0.15) is 12.1 Å². The molecule has 0 amide bonds. The van der Waals surface area contributed by atoms with E-state index in [2.05, 4.69) is 10.6 Å². The van der Waals surface area contributed by atoms with Crippen molar-refractivity contribution in [3.05, 3.63) is 59.2 Å². The van der Waals surface area contributed by atoms with Crippen molar-refractivity contribution in [1.82, 2.24) is 10.6 Å². The third kappa shape index (κ3) is 6.70. The summed E-state index contributed by atoms with van der Waals surface area (Å²) in [6, 6.07) is 12.4. The molecule has 2 aromatic rings. The molecule has 0 bridgehead atoms. The summed E-state index contributed by atoms with van der Waals surface area (Å²) >= 11 is 0. The number of esters is 2. The van der Waals surface area contributed by atoms with Gasteiger partial charge in [-0.25, -0.2) is 0 Å². The SMILES string of the molecule is Cc1cc(-c2ccc(C(=O)COC(=O)C3CC[C@H](C)N3)cc2)ccc1C(=O)COC(=O)[C@@H]1CC[C@H](C)N1. The monoisotopic (exact) mass is 506 g/mol. The van der Waals surface area contributed by atoms with Gasteiger partial charge < -0.3 is 20.1 Å². The number of aryl methyl sites for hydroxylation is 1. The Hall–Kier alpha value is -3.36. The third-order valence-corrected chi connectivity index (χ3v) is 7.08. The standard InChI is InChI=1S/C29H34N2O6/c1-17-14-22(10-11-23(17)27(33)16-37-29(35)25-13-5-19(3)31-25)20-6-8-21(9-7-20)26(32)15-36-28(34)24-12-4-18(2)30-24/h6-11,14,18-19,24-25,30-31H,4-5,12-13,15-16H2,1-3H3/t18-,19-,24?,25-/m0/s1. The van der Waals surface area contributed by atoms with Crippen molar-refractivity contribution in [2.24, 2.45) is 0 Å². The normalized spacial score (nSPS) is 23.0. The van der Waals surface area contributed by atoms with E-state index in [0.29, 0.717) is 17.5 Å². The Kier molecular flexibility index (Phi) is 8.51.